The van der Waals surface area contributed by atoms with Crippen LogP contribution in [0.15, 0.2) is 58.5 Å². The van der Waals surface area contributed by atoms with E-state index in [1.807, 2.05) is 30.3 Å². The summed E-state index contributed by atoms with van der Waals surface area (Å²) < 4.78 is 10.2. The number of thiazole rings is 1. The van der Waals surface area contributed by atoms with Gasteiger partial charge in [-0.25, -0.2) is 9.78 Å². The van der Waals surface area contributed by atoms with Gasteiger partial charge in [0.1, 0.15) is 10.8 Å². The summed E-state index contributed by atoms with van der Waals surface area (Å²) in [5.74, 6) is -0.401. The number of carbonyl (C=O) groups excluding carboxylic acids is 2. The quantitative estimate of drug-likeness (QED) is 0.684. The van der Waals surface area contributed by atoms with Crippen LogP contribution in [0.4, 0.5) is 0 Å². The average Bonchev–Trinajstić information content (AvgIpc) is 3.32. The number of carbonyl (C=O) groups is 2. The van der Waals surface area contributed by atoms with Crippen molar-refractivity contribution in [3.63, 3.8) is 0 Å². The van der Waals surface area contributed by atoms with Gasteiger partial charge in [-0.3, -0.25) is 4.79 Å². The molecule has 0 aliphatic heterocycles. The third-order valence-electron chi connectivity index (χ3n) is 3.42. The van der Waals surface area contributed by atoms with Crippen LogP contribution in [-0.4, -0.2) is 23.5 Å². The Balaban J connectivity index is 1.52. The van der Waals surface area contributed by atoms with Gasteiger partial charge in [0.05, 0.1) is 12.3 Å². The van der Waals surface area contributed by atoms with Crippen molar-refractivity contribution >= 4 is 23.2 Å². The first-order chi connectivity index (χ1) is 12.1. The summed E-state index contributed by atoms with van der Waals surface area (Å²) in [5, 5.41) is 5.04. The molecule has 0 spiro atoms. The van der Waals surface area contributed by atoms with Crippen LogP contribution in [-0.2, 0) is 9.53 Å². The minimum atomic E-state index is -0.626. The second-order valence-electron chi connectivity index (χ2n) is 5.28. The number of hydrogen-bond acceptors (Lipinski definition) is 6. The number of aromatic nitrogens is 1. The number of ether oxygens (including phenoxy) is 1. The molecule has 3 rings (SSSR count). The van der Waals surface area contributed by atoms with Crippen LogP contribution in [0, 0.1) is 0 Å². The van der Waals surface area contributed by atoms with Crippen molar-refractivity contribution in [3.05, 3.63) is 65.6 Å². The van der Waals surface area contributed by atoms with E-state index in [0.29, 0.717) is 5.76 Å². The lowest BCUT2D eigenvalue weighted by Crippen LogP contribution is -2.31. The number of amides is 1. The second kappa shape index (κ2) is 7.76. The molecule has 0 aliphatic carbocycles. The number of esters is 1. The van der Waals surface area contributed by atoms with Gasteiger partial charge < -0.3 is 14.5 Å². The van der Waals surface area contributed by atoms with E-state index < -0.39 is 11.9 Å². The third kappa shape index (κ3) is 4.33. The molecule has 1 N–H and O–H groups in total. The molecule has 1 amide bonds. The van der Waals surface area contributed by atoms with Crippen LogP contribution in [0.1, 0.15) is 29.2 Å². The smallest absolute Gasteiger partial charge is 0.358 e. The number of hydrogen-bond donors (Lipinski definition) is 1. The molecular weight excluding hydrogens is 340 g/mol. The zero-order chi connectivity index (χ0) is 17.6. The molecular formula is C18H16N2O4S. The zero-order valence-electron chi connectivity index (χ0n) is 13.5. The van der Waals surface area contributed by atoms with Crippen molar-refractivity contribution in [2.45, 2.75) is 13.0 Å². The minimum absolute atomic E-state index is 0.190. The summed E-state index contributed by atoms with van der Waals surface area (Å²) in [6.07, 6.45) is 1.53. The summed E-state index contributed by atoms with van der Waals surface area (Å²) in [4.78, 5) is 28.2. The molecule has 0 radical (unpaired) electrons. The number of nitrogens with zero attached hydrogens (tertiary/aromatic N) is 1. The Morgan fingerprint density at radius 1 is 1.24 bits per heavy atom. The molecule has 3 aromatic rings. The summed E-state index contributed by atoms with van der Waals surface area (Å²) in [5.41, 5.74) is 1.12. The lowest BCUT2D eigenvalue weighted by molar-refractivity contribution is -0.125. The Bertz CT molecular complexity index is 843. The van der Waals surface area contributed by atoms with Crippen molar-refractivity contribution in [1.82, 2.24) is 10.3 Å². The van der Waals surface area contributed by atoms with Crippen LogP contribution >= 0.6 is 11.3 Å². The first-order valence-electron chi connectivity index (χ1n) is 7.64. The molecule has 0 unspecified atom stereocenters. The van der Waals surface area contributed by atoms with Gasteiger partial charge in [0.25, 0.3) is 5.91 Å². The highest BCUT2D eigenvalue weighted by Crippen LogP contribution is 2.23. The highest BCUT2D eigenvalue weighted by atomic mass is 32.1. The van der Waals surface area contributed by atoms with E-state index in [-0.39, 0.29) is 18.3 Å². The predicted octanol–water partition coefficient (Wildman–Crippen LogP) is 3.44. The second-order valence-corrected chi connectivity index (χ2v) is 6.14. The number of nitrogens with one attached hydrogen (secondary N) is 1. The van der Waals surface area contributed by atoms with E-state index in [1.165, 1.54) is 17.6 Å². The fourth-order valence-corrected chi connectivity index (χ4v) is 2.97. The molecule has 7 heteroatoms. The Labute approximate surface area is 148 Å². The first-order valence-corrected chi connectivity index (χ1v) is 8.52. The number of rotatable bonds is 6. The summed E-state index contributed by atoms with van der Waals surface area (Å²) in [6.45, 7) is 1.41. The number of furan rings is 1. The molecule has 1 aromatic carbocycles. The van der Waals surface area contributed by atoms with E-state index in [2.05, 4.69) is 10.3 Å². The monoisotopic (exact) mass is 356 g/mol. The molecule has 0 fully saturated rings. The summed E-state index contributed by atoms with van der Waals surface area (Å²) >= 11 is 1.35. The highest BCUT2D eigenvalue weighted by molar-refractivity contribution is 7.13. The van der Waals surface area contributed by atoms with E-state index in [9.17, 15) is 9.59 Å². The minimum Gasteiger partial charge on any atom is -0.467 e. The van der Waals surface area contributed by atoms with Crippen molar-refractivity contribution in [3.8, 4) is 10.6 Å². The lowest BCUT2D eigenvalue weighted by atomic mass is 10.2. The van der Waals surface area contributed by atoms with Gasteiger partial charge >= 0.3 is 5.97 Å². The normalized spacial score (nSPS) is 11.7. The molecule has 1 atom stereocenters. The van der Waals surface area contributed by atoms with Gasteiger partial charge in [-0.2, -0.15) is 0 Å². The molecule has 0 saturated heterocycles. The van der Waals surface area contributed by atoms with Gasteiger partial charge in [-0.15, -0.1) is 11.3 Å². The van der Waals surface area contributed by atoms with Gasteiger partial charge in [0.2, 0.25) is 0 Å². The fourth-order valence-electron chi connectivity index (χ4n) is 2.18. The van der Waals surface area contributed by atoms with Gasteiger partial charge in [-0.1, -0.05) is 30.3 Å². The summed E-state index contributed by atoms with van der Waals surface area (Å²) in [7, 11) is 0. The van der Waals surface area contributed by atoms with Gasteiger partial charge in [0, 0.05) is 10.9 Å². The van der Waals surface area contributed by atoms with E-state index >= 15 is 0 Å². The molecule has 128 valence electrons. The van der Waals surface area contributed by atoms with E-state index in [1.54, 1.807) is 24.4 Å². The van der Waals surface area contributed by atoms with Crippen LogP contribution < -0.4 is 5.32 Å². The van der Waals surface area contributed by atoms with E-state index in [4.69, 9.17) is 9.15 Å². The fraction of sp³-hybridized carbons (Fsp3) is 0.167. The third-order valence-corrected chi connectivity index (χ3v) is 4.31. The SMILES string of the molecule is C[C@H](NC(=O)COC(=O)c1csc(-c2ccccc2)n1)c1ccco1. The van der Waals surface area contributed by atoms with Crippen molar-refractivity contribution in [2.24, 2.45) is 0 Å². The Kier molecular flexibility index (Phi) is 5.25. The highest BCUT2D eigenvalue weighted by Gasteiger charge is 2.16. The van der Waals surface area contributed by atoms with Crippen molar-refractivity contribution in [1.29, 1.82) is 0 Å². The van der Waals surface area contributed by atoms with Crippen LogP contribution in [0.5, 0.6) is 0 Å². The summed E-state index contributed by atoms with van der Waals surface area (Å²) in [6, 6.07) is 12.7. The Hall–Kier alpha value is -2.93. The van der Waals surface area contributed by atoms with Crippen molar-refractivity contribution < 1.29 is 18.7 Å². The van der Waals surface area contributed by atoms with Crippen LogP contribution in [0.25, 0.3) is 10.6 Å². The Morgan fingerprint density at radius 3 is 2.76 bits per heavy atom. The van der Waals surface area contributed by atoms with Gasteiger partial charge in [0.15, 0.2) is 12.3 Å². The molecule has 25 heavy (non-hydrogen) atoms. The van der Waals surface area contributed by atoms with E-state index in [0.717, 1.165) is 10.6 Å². The zero-order valence-corrected chi connectivity index (χ0v) is 14.3. The molecule has 0 saturated carbocycles. The lowest BCUT2D eigenvalue weighted by Gasteiger charge is -2.11. The topological polar surface area (TPSA) is 81.4 Å². The van der Waals surface area contributed by atoms with Gasteiger partial charge in [-0.05, 0) is 19.1 Å². The standard InChI is InChI=1S/C18H16N2O4S/c1-12(15-8-5-9-23-15)19-16(21)10-24-18(22)14-11-25-17(20-14)13-6-3-2-4-7-13/h2-9,11-12H,10H2,1H3,(H,19,21)/t12-/m0/s1. The first kappa shape index (κ1) is 16.9. The molecule has 6 nitrogen and oxygen atoms in total. The predicted molar refractivity (Wildman–Crippen MR) is 93.1 cm³/mol. The molecule has 0 aliphatic rings. The largest absolute Gasteiger partial charge is 0.467 e. The number of benzene rings is 1. The maximum Gasteiger partial charge on any atom is 0.358 e. The molecule has 2 aromatic heterocycles. The van der Waals surface area contributed by atoms with Crippen molar-refractivity contribution in [2.75, 3.05) is 6.61 Å². The maximum absolute atomic E-state index is 12.0. The molecule has 0 bridgehead atoms. The van der Waals surface area contributed by atoms with Crippen LogP contribution in [0.2, 0.25) is 0 Å². The van der Waals surface area contributed by atoms with Crippen LogP contribution in [0.3, 0.4) is 0 Å². The maximum atomic E-state index is 12.0. The average molecular weight is 356 g/mol. The molecule has 2 heterocycles. The Morgan fingerprint density at radius 2 is 2.04 bits per heavy atom.